The second-order valence-electron chi connectivity index (χ2n) is 3.83. The molecular weight excluding hydrogens is 221 g/mol. The highest BCUT2D eigenvalue weighted by atomic mass is 19.1. The van der Waals surface area contributed by atoms with E-state index in [4.69, 9.17) is 4.74 Å². The summed E-state index contributed by atoms with van der Waals surface area (Å²) in [6.07, 6.45) is 0.767. The predicted octanol–water partition coefficient (Wildman–Crippen LogP) is 2.83. The molecule has 1 heterocycles. The highest BCUT2D eigenvalue weighted by Gasteiger charge is 2.16. The number of ether oxygens (including phenoxy) is 1. The summed E-state index contributed by atoms with van der Waals surface area (Å²) in [5, 5.41) is 10.5. The van der Waals surface area contributed by atoms with Gasteiger partial charge in [-0.1, -0.05) is 6.92 Å². The lowest BCUT2D eigenvalue weighted by Crippen LogP contribution is -2.02. The molecule has 0 bridgehead atoms. The minimum absolute atomic E-state index is 0.288. The average molecular weight is 235 g/mol. The van der Waals surface area contributed by atoms with Crippen molar-refractivity contribution in [2.45, 2.75) is 19.4 Å². The first-order valence-electron chi connectivity index (χ1n) is 5.47. The van der Waals surface area contributed by atoms with Crippen LogP contribution in [0.25, 0.3) is 10.9 Å². The van der Waals surface area contributed by atoms with Crippen molar-refractivity contribution >= 4 is 10.9 Å². The van der Waals surface area contributed by atoms with Gasteiger partial charge >= 0.3 is 0 Å². The summed E-state index contributed by atoms with van der Waals surface area (Å²) < 4.78 is 18.8. The van der Waals surface area contributed by atoms with Crippen molar-refractivity contribution in [2.24, 2.45) is 0 Å². The van der Waals surface area contributed by atoms with Crippen molar-refractivity contribution in [3.8, 4) is 5.75 Å². The summed E-state index contributed by atoms with van der Waals surface area (Å²) in [5.74, 6) is 0.134. The zero-order valence-electron chi connectivity index (χ0n) is 9.77. The maximum Gasteiger partial charge on any atom is 0.147 e. The first kappa shape index (κ1) is 11.8. The molecule has 1 unspecified atom stereocenters. The van der Waals surface area contributed by atoms with E-state index in [1.54, 1.807) is 32.2 Å². The second-order valence-corrected chi connectivity index (χ2v) is 3.83. The van der Waals surface area contributed by atoms with E-state index < -0.39 is 11.9 Å². The van der Waals surface area contributed by atoms with Crippen LogP contribution in [-0.2, 0) is 0 Å². The van der Waals surface area contributed by atoms with Gasteiger partial charge in [-0.25, -0.2) is 4.39 Å². The Kier molecular flexibility index (Phi) is 3.24. The third kappa shape index (κ3) is 2.08. The number of benzene rings is 1. The standard InChI is InChI=1S/C13H14FNO2/c1-3-12(16)13-9-6-8(17-2)4-5-11(9)15-7-10(13)14/h4-7,12,16H,3H2,1-2H3. The molecule has 1 aromatic heterocycles. The van der Waals surface area contributed by atoms with Gasteiger partial charge in [-0.2, -0.15) is 0 Å². The number of rotatable bonds is 3. The number of aromatic nitrogens is 1. The molecule has 0 spiro atoms. The van der Waals surface area contributed by atoms with Crippen molar-refractivity contribution < 1.29 is 14.2 Å². The van der Waals surface area contributed by atoms with Gasteiger partial charge in [0.25, 0.3) is 0 Å². The maximum atomic E-state index is 13.7. The molecule has 1 atom stereocenters. The number of halogens is 1. The van der Waals surface area contributed by atoms with Gasteiger partial charge in [0.1, 0.15) is 11.6 Å². The zero-order chi connectivity index (χ0) is 12.4. The second kappa shape index (κ2) is 4.67. The highest BCUT2D eigenvalue weighted by molar-refractivity contribution is 5.84. The summed E-state index contributed by atoms with van der Waals surface area (Å²) in [7, 11) is 1.55. The van der Waals surface area contributed by atoms with E-state index in [-0.39, 0.29) is 5.56 Å². The van der Waals surface area contributed by atoms with Crippen molar-refractivity contribution in [1.29, 1.82) is 0 Å². The Morgan fingerprint density at radius 2 is 2.24 bits per heavy atom. The summed E-state index contributed by atoms with van der Waals surface area (Å²) in [6, 6.07) is 5.20. The first-order chi connectivity index (χ1) is 8.17. The molecule has 0 aliphatic heterocycles. The Labute approximate surface area is 98.9 Å². The third-order valence-electron chi connectivity index (χ3n) is 2.79. The Balaban J connectivity index is 2.73. The van der Waals surface area contributed by atoms with Gasteiger partial charge in [0, 0.05) is 10.9 Å². The van der Waals surface area contributed by atoms with Gasteiger partial charge in [0.15, 0.2) is 0 Å². The van der Waals surface area contributed by atoms with Crippen LogP contribution in [0.2, 0.25) is 0 Å². The van der Waals surface area contributed by atoms with Crippen LogP contribution in [0.3, 0.4) is 0 Å². The van der Waals surface area contributed by atoms with Crippen LogP contribution in [-0.4, -0.2) is 17.2 Å². The molecule has 0 amide bonds. The number of nitrogens with zero attached hydrogens (tertiary/aromatic N) is 1. The molecule has 3 nitrogen and oxygen atoms in total. The van der Waals surface area contributed by atoms with Gasteiger partial charge in [-0.15, -0.1) is 0 Å². The average Bonchev–Trinajstić information content (AvgIpc) is 2.37. The molecule has 0 fully saturated rings. The number of fused-ring (bicyclic) bond motifs is 1. The maximum absolute atomic E-state index is 13.7. The van der Waals surface area contributed by atoms with Crippen LogP contribution in [0.15, 0.2) is 24.4 Å². The molecule has 0 aliphatic carbocycles. The molecule has 1 aromatic carbocycles. The van der Waals surface area contributed by atoms with Crippen molar-refractivity contribution in [2.75, 3.05) is 7.11 Å². The minimum Gasteiger partial charge on any atom is -0.497 e. The minimum atomic E-state index is -0.826. The summed E-state index contributed by atoms with van der Waals surface area (Å²) in [6.45, 7) is 1.80. The molecule has 4 heteroatoms. The van der Waals surface area contributed by atoms with Gasteiger partial charge in [-0.3, -0.25) is 4.98 Å². The van der Waals surface area contributed by atoms with Crippen LogP contribution < -0.4 is 4.74 Å². The fourth-order valence-electron chi connectivity index (χ4n) is 1.84. The van der Waals surface area contributed by atoms with Gasteiger partial charge in [-0.05, 0) is 24.6 Å². The molecule has 0 saturated heterocycles. The molecule has 17 heavy (non-hydrogen) atoms. The molecule has 2 rings (SSSR count). The lowest BCUT2D eigenvalue weighted by atomic mass is 10.0. The number of methoxy groups -OCH3 is 1. The SMILES string of the molecule is CCC(O)c1c(F)cnc2ccc(OC)cc12. The monoisotopic (exact) mass is 235 g/mol. The lowest BCUT2D eigenvalue weighted by molar-refractivity contribution is 0.170. The largest absolute Gasteiger partial charge is 0.497 e. The van der Waals surface area contributed by atoms with Gasteiger partial charge in [0.05, 0.1) is 24.9 Å². The van der Waals surface area contributed by atoms with Crippen molar-refractivity contribution in [3.05, 3.63) is 35.8 Å². The Hall–Kier alpha value is -1.68. The summed E-state index contributed by atoms with van der Waals surface area (Å²) in [5.41, 5.74) is 0.936. The van der Waals surface area contributed by atoms with Crippen molar-refractivity contribution in [1.82, 2.24) is 4.98 Å². The predicted molar refractivity (Wildman–Crippen MR) is 63.5 cm³/mol. The normalized spacial score (nSPS) is 12.7. The Morgan fingerprint density at radius 1 is 1.47 bits per heavy atom. The summed E-state index contributed by atoms with van der Waals surface area (Å²) in [4.78, 5) is 3.99. The molecule has 0 aliphatic rings. The van der Waals surface area contributed by atoms with E-state index in [2.05, 4.69) is 4.98 Å². The number of hydrogen-bond donors (Lipinski definition) is 1. The fraction of sp³-hybridized carbons (Fsp3) is 0.308. The number of hydrogen-bond acceptors (Lipinski definition) is 3. The number of aliphatic hydroxyl groups is 1. The van der Waals surface area contributed by atoms with Crippen LogP contribution in [0.4, 0.5) is 4.39 Å². The number of aliphatic hydroxyl groups excluding tert-OH is 1. The van der Waals surface area contributed by atoms with E-state index >= 15 is 0 Å². The first-order valence-corrected chi connectivity index (χ1v) is 5.47. The third-order valence-corrected chi connectivity index (χ3v) is 2.79. The van der Waals surface area contributed by atoms with Crippen LogP contribution in [0.1, 0.15) is 25.0 Å². The Bertz CT molecular complexity index is 542. The fourth-order valence-corrected chi connectivity index (χ4v) is 1.84. The van der Waals surface area contributed by atoms with E-state index in [0.29, 0.717) is 23.1 Å². The molecule has 0 saturated carbocycles. The molecule has 2 aromatic rings. The molecule has 1 N–H and O–H groups in total. The molecular formula is C13H14FNO2. The topological polar surface area (TPSA) is 42.4 Å². The van der Waals surface area contributed by atoms with Crippen LogP contribution in [0, 0.1) is 5.82 Å². The van der Waals surface area contributed by atoms with Gasteiger partial charge in [0.2, 0.25) is 0 Å². The summed E-state index contributed by atoms with van der Waals surface area (Å²) >= 11 is 0. The number of pyridine rings is 1. The molecule has 90 valence electrons. The van der Waals surface area contributed by atoms with E-state index in [1.807, 2.05) is 0 Å². The van der Waals surface area contributed by atoms with E-state index in [9.17, 15) is 9.50 Å². The van der Waals surface area contributed by atoms with E-state index in [0.717, 1.165) is 6.20 Å². The van der Waals surface area contributed by atoms with Gasteiger partial charge < -0.3 is 9.84 Å². The van der Waals surface area contributed by atoms with Crippen LogP contribution in [0.5, 0.6) is 5.75 Å². The smallest absolute Gasteiger partial charge is 0.147 e. The Morgan fingerprint density at radius 3 is 2.88 bits per heavy atom. The van der Waals surface area contributed by atoms with Crippen molar-refractivity contribution in [3.63, 3.8) is 0 Å². The van der Waals surface area contributed by atoms with Crippen LogP contribution >= 0.6 is 0 Å². The zero-order valence-corrected chi connectivity index (χ0v) is 9.77. The van der Waals surface area contributed by atoms with E-state index in [1.165, 1.54) is 0 Å². The quantitative estimate of drug-likeness (QED) is 0.889. The highest BCUT2D eigenvalue weighted by Crippen LogP contribution is 2.29. The lowest BCUT2D eigenvalue weighted by Gasteiger charge is -2.13. The molecule has 0 radical (unpaired) electrons.